The predicted octanol–water partition coefficient (Wildman–Crippen LogP) is 1.21. The molecule has 1 aliphatic heterocycles. The molecular formula is C14H20ClN5O3S. The molecule has 0 amide bonds. The van der Waals surface area contributed by atoms with E-state index in [1.54, 1.807) is 11.8 Å². The molecule has 0 bridgehead atoms. The van der Waals surface area contributed by atoms with Gasteiger partial charge in [0.25, 0.3) is 0 Å². The highest BCUT2D eigenvalue weighted by molar-refractivity contribution is 7.99. The van der Waals surface area contributed by atoms with Crippen molar-refractivity contribution >= 4 is 40.3 Å². The highest BCUT2D eigenvalue weighted by Gasteiger charge is 2.44. The molecule has 3 heterocycles. The van der Waals surface area contributed by atoms with Gasteiger partial charge in [0.05, 0.1) is 12.4 Å². The number of unbranched alkanes of at least 4 members (excludes halogenated alkanes) is 1. The van der Waals surface area contributed by atoms with Gasteiger partial charge >= 0.3 is 0 Å². The minimum atomic E-state index is -1.09. The van der Waals surface area contributed by atoms with E-state index in [4.69, 9.17) is 22.1 Å². The molecule has 0 aliphatic carbocycles. The Kier molecular flexibility index (Phi) is 5.46. The first-order chi connectivity index (χ1) is 11.5. The van der Waals surface area contributed by atoms with Crippen LogP contribution in [0.4, 0.5) is 5.82 Å². The summed E-state index contributed by atoms with van der Waals surface area (Å²) in [5.74, 6) is 1.76. The standard InChI is InChI=1S/C14H20ClN5O3S/c1-2-3-4-24-5-7-9(21)10(22)13(23-7)20-6-17-8-11(16)18-14(15)19-12(8)20/h6-7,9-10,13,21-22H,2-5H2,1H3,(H2,16,18,19)/t7-,9-,10-,13-/m1/s1. The summed E-state index contributed by atoms with van der Waals surface area (Å²) in [6.07, 6.45) is 0.367. The molecule has 0 saturated carbocycles. The Balaban J connectivity index is 1.80. The van der Waals surface area contributed by atoms with Gasteiger partial charge in [0.2, 0.25) is 5.28 Å². The van der Waals surface area contributed by atoms with Crippen molar-refractivity contribution in [1.82, 2.24) is 19.5 Å². The SMILES string of the molecule is CCCCSC[C@H]1O[C@@H](n2cnc3c(N)nc(Cl)nc32)[C@H](O)[C@@H]1O. The van der Waals surface area contributed by atoms with Crippen LogP contribution < -0.4 is 5.73 Å². The third-order valence-corrected chi connectivity index (χ3v) is 5.27. The highest BCUT2D eigenvalue weighted by atomic mass is 35.5. The number of nitrogens with two attached hydrogens (primary N) is 1. The van der Waals surface area contributed by atoms with Crippen LogP contribution >= 0.6 is 23.4 Å². The van der Waals surface area contributed by atoms with Gasteiger partial charge in [-0.25, -0.2) is 4.98 Å². The molecule has 2 aromatic rings. The first-order valence-corrected chi connectivity index (χ1v) is 9.31. The summed E-state index contributed by atoms with van der Waals surface area (Å²) in [5.41, 5.74) is 6.53. The molecule has 1 fully saturated rings. The van der Waals surface area contributed by atoms with Gasteiger partial charge in [-0.3, -0.25) is 4.57 Å². The Morgan fingerprint density at radius 1 is 1.38 bits per heavy atom. The molecule has 0 radical (unpaired) electrons. The molecule has 24 heavy (non-hydrogen) atoms. The third kappa shape index (κ3) is 3.31. The van der Waals surface area contributed by atoms with Gasteiger partial charge in [0.15, 0.2) is 17.7 Å². The van der Waals surface area contributed by atoms with Gasteiger partial charge in [-0.05, 0) is 23.8 Å². The number of aromatic nitrogens is 4. The van der Waals surface area contributed by atoms with E-state index in [1.807, 2.05) is 0 Å². The first kappa shape index (κ1) is 17.7. The second-order valence-corrected chi connectivity index (χ2v) is 7.16. The number of hydrogen-bond acceptors (Lipinski definition) is 8. The first-order valence-electron chi connectivity index (χ1n) is 7.77. The number of rotatable bonds is 6. The van der Waals surface area contributed by atoms with E-state index in [0.717, 1.165) is 18.6 Å². The molecule has 1 aliphatic rings. The predicted molar refractivity (Wildman–Crippen MR) is 92.9 cm³/mol. The molecule has 3 rings (SSSR count). The molecule has 0 spiro atoms. The number of imidazole rings is 1. The van der Waals surface area contributed by atoms with Crippen molar-refractivity contribution in [2.45, 2.75) is 44.3 Å². The maximum absolute atomic E-state index is 10.4. The van der Waals surface area contributed by atoms with Crippen LogP contribution in [0, 0.1) is 0 Å². The summed E-state index contributed by atoms with van der Waals surface area (Å²) in [7, 11) is 0. The Morgan fingerprint density at radius 2 is 2.17 bits per heavy atom. The van der Waals surface area contributed by atoms with Crippen LogP contribution in [-0.4, -0.2) is 59.5 Å². The fourth-order valence-corrected chi connectivity index (χ4v) is 3.98. The van der Waals surface area contributed by atoms with E-state index in [0.29, 0.717) is 16.9 Å². The zero-order valence-electron chi connectivity index (χ0n) is 13.2. The third-order valence-electron chi connectivity index (χ3n) is 3.96. The van der Waals surface area contributed by atoms with Crippen molar-refractivity contribution in [3.05, 3.63) is 11.6 Å². The van der Waals surface area contributed by atoms with Crippen molar-refractivity contribution in [1.29, 1.82) is 0 Å². The molecule has 132 valence electrons. The number of aliphatic hydroxyl groups excluding tert-OH is 2. The van der Waals surface area contributed by atoms with Gasteiger partial charge in [0.1, 0.15) is 17.7 Å². The molecule has 0 unspecified atom stereocenters. The summed E-state index contributed by atoms with van der Waals surface area (Å²) in [4.78, 5) is 12.1. The normalized spacial score (nSPS) is 27.2. The van der Waals surface area contributed by atoms with E-state index >= 15 is 0 Å². The van der Waals surface area contributed by atoms with Crippen LogP contribution in [0.2, 0.25) is 5.28 Å². The number of nitrogen functional groups attached to an aromatic ring is 1. The van der Waals surface area contributed by atoms with Crippen LogP contribution in [0.1, 0.15) is 26.0 Å². The van der Waals surface area contributed by atoms with Crippen LogP contribution in [0.3, 0.4) is 0 Å². The van der Waals surface area contributed by atoms with Crippen molar-refractivity contribution < 1.29 is 14.9 Å². The van der Waals surface area contributed by atoms with Crippen molar-refractivity contribution in [3.63, 3.8) is 0 Å². The van der Waals surface area contributed by atoms with Gasteiger partial charge in [-0.2, -0.15) is 21.7 Å². The minimum Gasteiger partial charge on any atom is -0.387 e. The quantitative estimate of drug-likeness (QED) is 0.510. The smallest absolute Gasteiger partial charge is 0.226 e. The molecule has 4 N–H and O–H groups in total. The number of ether oxygens (including phenoxy) is 1. The number of hydrogen-bond donors (Lipinski definition) is 3. The summed E-state index contributed by atoms with van der Waals surface area (Å²) in [6, 6.07) is 0. The van der Waals surface area contributed by atoms with E-state index in [2.05, 4.69) is 21.9 Å². The molecule has 10 heteroatoms. The highest BCUT2D eigenvalue weighted by Crippen LogP contribution is 2.33. The Morgan fingerprint density at radius 3 is 2.92 bits per heavy atom. The summed E-state index contributed by atoms with van der Waals surface area (Å²) in [6.45, 7) is 2.13. The van der Waals surface area contributed by atoms with Crippen LogP contribution in [0.15, 0.2) is 6.33 Å². The number of fused-ring (bicyclic) bond motifs is 1. The lowest BCUT2D eigenvalue weighted by atomic mass is 10.1. The number of aliphatic hydroxyl groups is 2. The summed E-state index contributed by atoms with van der Waals surface area (Å²) in [5, 5.41) is 20.6. The fourth-order valence-electron chi connectivity index (χ4n) is 2.64. The maximum Gasteiger partial charge on any atom is 0.226 e. The van der Waals surface area contributed by atoms with E-state index in [1.165, 1.54) is 10.9 Å². The maximum atomic E-state index is 10.4. The second-order valence-electron chi connectivity index (χ2n) is 5.68. The molecule has 1 saturated heterocycles. The lowest BCUT2D eigenvalue weighted by Gasteiger charge is -2.16. The van der Waals surface area contributed by atoms with E-state index in [9.17, 15) is 10.2 Å². The average Bonchev–Trinajstić information content (AvgIpc) is 3.07. The Labute approximate surface area is 148 Å². The van der Waals surface area contributed by atoms with E-state index < -0.39 is 24.5 Å². The summed E-state index contributed by atoms with van der Waals surface area (Å²) < 4.78 is 7.39. The van der Waals surface area contributed by atoms with Crippen molar-refractivity contribution in [2.24, 2.45) is 0 Å². The topological polar surface area (TPSA) is 119 Å². The second kappa shape index (κ2) is 7.40. The fraction of sp³-hybridized carbons (Fsp3) is 0.643. The zero-order valence-corrected chi connectivity index (χ0v) is 14.7. The number of nitrogens with zero attached hydrogens (tertiary/aromatic N) is 4. The molecule has 4 atom stereocenters. The Hall–Kier alpha value is -1.13. The monoisotopic (exact) mass is 373 g/mol. The van der Waals surface area contributed by atoms with Crippen molar-refractivity contribution in [3.8, 4) is 0 Å². The molecule has 0 aromatic carbocycles. The van der Waals surface area contributed by atoms with E-state index in [-0.39, 0.29) is 11.1 Å². The van der Waals surface area contributed by atoms with Gasteiger partial charge in [-0.1, -0.05) is 13.3 Å². The number of halogens is 1. The number of anilines is 1. The molecular weight excluding hydrogens is 354 g/mol. The van der Waals surface area contributed by atoms with Gasteiger partial charge in [-0.15, -0.1) is 0 Å². The summed E-state index contributed by atoms with van der Waals surface area (Å²) >= 11 is 7.55. The lowest BCUT2D eigenvalue weighted by Crippen LogP contribution is -2.32. The lowest BCUT2D eigenvalue weighted by molar-refractivity contribution is -0.0289. The number of thioether (sulfide) groups is 1. The molecule has 2 aromatic heterocycles. The Bertz CT molecular complexity index is 715. The van der Waals surface area contributed by atoms with Gasteiger partial charge < -0.3 is 20.7 Å². The van der Waals surface area contributed by atoms with Crippen LogP contribution in [-0.2, 0) is 4.74 Å². The largest absolute Gasteiger partial charge is 0.387 e. The van der Waals surface area contributed by atoms with Crippen molar-refractivity contribution in [2.75, 3.05) is 17.2 Å². The van der Waals surface area contributed by atoms with Crippen LogP contribution in [0.25, 0.3) is 11.2 Å². The zero-order chi connectivity index (χ0) is 17.3. The minimum absolute atomic E-state index is 0.0125. The van der Waals surface area contributed by atoms with Gasteiger partial charge in [0, 0.05) is 5.75 Å². The average molecular weight is 374 g/mol. The molecule has 8 nitrogen and oxygen atoms in total. The van der Waals surface area contributed by atoms with Crippen LogP contribution in [0.5, 0.6) is 0 Å².